The summed E-state index contributed by atoms with van der Waals surface area (Å²) in [4.78, 5) is 29.9. The van der Waals surface area contributed by atoms with Crippen LogP contribution in [-0.4, -0.2) is 35.3 Å². The molecule has 0 saturated heterocycles. The predicted molar refractivity (Wildman–Crippen MR) is 94.1 cm³/mol. The van der Waals surface area contributed by atoms with Crippen LogP contribution < -0.4 is 10.2 Å². The van der Waals surface area contributed by atoms with Crippen LogP contribution in [0, 0.1) is 0 Å². The minimum absolute atomic E-state index is 0.0111. The molecule has 0 spiro atoms. The molecule has 1 aliphatic heterocycles. The number of aliphatic imine (C=N–C) groups is 1. The van der Waals surface area contributed by atoms with E-state index < -0.39 is 0 Å². The van der Waals surface area contributed by atoms with Gasteiger partial charge in [-0.05, 0) is 25.0 Å². The number of benzene rings is 1. The lowest BCUT2D eigenvalue weighted by atomic mass is 10.2. The average Bonchev–Trinajstić information content (AvgIpc) is 3.16. The number of hydrogen-bond acceptors (Lipinski definition) is 4. The van der Waals surface area contributed by atoms with Crippen LogP contribution in [0.15, 0.2) is 29.3 Å². The third-order valence-electron chi connectivity index (χ3n) is 3.94. The molecule has 122 valence electrons. The van der Waals surface area contributed by atoms with Crippen LogP contribution in [0.3, 0.4) is 0 Å². The van der Waals surface area contributed by atoms with E-state index >= 15 is 0 Å². The SMILES string of the molecule is O=C(CSC1=NCC(=O)N1c1ccccc1Cl)NC1CCCC1. The largest absolute Gasteiger partial charge is 0.353 e. The first-order valence-corrected chi connectivity index (χ1v) is 9.05. The Morgan fingerprint density at radius 3 is 2.83 bits per heavy atom. The van der Waals surface area contributed by atoms with Crippen molar-refractivity contribution in [3.05, 3.63) is 29.3 Å². The Morgan fingerprint density at radius 2 is 2.09 bits per heavy atom. The van der Waals surface area contributed by atoms with Gasteiger partial charge >= 0.3 is 0 Å². The maximum absolute atomic E-state index is 12.1. The number of nitrogens with one attached hydrogen (secondary N) is 1. The number of amides is 2. The van der Waals surface area contributed by atoms with E-state index in [1.807, 2.05) is 12.1 Å². The van der Waals surface area contributed by atoms with Crippen molar-refractivity contribution in [3.63, 3.8) is 0 Å². The van der Waals surface area contributed by atoms with E-state index in [4.69, 9.17) is 11.6 Å². The number of rotatable bonds is 4. The molecule has 0 radical (unpaired) electrons. The molecule has 0 aromatic heterocycles. The molecule has 1 N–H and O–H groups in total. The summed E-state index contributed by atoms with van der Waals surface area (Å²) in [6.07, 6.45) is 4.47. The molecule has 1 heterocycles. The second kappa shape index (κ2) is 7.36. The van der Waals surface area contributed by atoms with Crippen molar-refractivity contribution in [2.45, 2.75) is 31.7 Å². The molecule has 2 amide bonds. The molecular weight excluding hydrogens is 334 g/mol. The minimum Gasteiger partial charge on any atom is -0.353 e. The third kappa shape index (κ3) is 3.87. The Hall–Kier alpha value is -1.53. The van der Waals surface area contributed by atoms with Gasteiger partial charge < -0.3 is 5.32 Å². The second-order valence-electron chi connectivity index (χ2n) is 5.62. The van der Waals surface area contributed by atoms with Crippen LogP contribution in [0.1, 0.15) is 25.7 Å². The first-order chi connectivity index (χ1) is 11.1. The Balaban J connectivity index is 1.61. The molecular formula is C16H18ClN3O2S. The number of para-hydroxylation sites is 1. The number of carbonyl (C=O) groups is 2. The lowest BCUT2D eigenvalue weighted by Gasteiger charge is -2.19. The van der Waals surface area contributed by atoms with Gasteiger partial charge in [-0.15, -0.1) is 0 Å². The first-order valence-electron chi connectivity index (χ1n) is 7.69. The van der Waals surface area contributed by atoms with Gasteiger partial charge in [0.1, 0.15) is 6.54 Å². The predicted octanol–water partition coefficient (Wildman–Crippen LogP) is 2.83. The molecule has 1 saturated carbocycles. The summed E-state index contributed by atoms with van der Waals surface area (Å²) in [6.45, 7) is 0.0950. The molecule has 0 unspecified atom stereocenters. The molecule has 23 heavy (non-hydrogen) atoms. The topological polar surface area (TPSA) is 61.8 Å². The molecule has 7 heteroatoms. The Morgan fingerprint density at radius 1 is 1.35 bits per heavy atom. The molecule has 0 atom stereocenters. The lowest BCUT2D eigenvalue weighted by Crippen LogP contribution is -2.36. The Labute approximate surface area is 144 Å². The van der Waals surface area contributed by atoms with E-state index in [1.165, 1.54) is 29.5 Å². The summed E-state index contributed by atoms with van der Waals surface area (Å²) in [5.74, 6) is 0.115. The van der Waals surface area contributed by atoms with Crippen molar-refractivity contribution in [1.82, 2.24) is 5.32 Å². The fourth-order valence-electron chi connectivity index (χ4n) is 2.83. The Bertz CT molecular complexity index is 644. The van der Waals surface area contributed by atoms with Gasteiger partial charge in [0.05, 0.1) is 16.5 Å². The summed E-state index contributed by atoms with van der Waals surface area (Å²) in [5, 5.41) is 4.06. The Kier molecular flexibility index (Phi) is 5.23. The highest BCUT2D eigenvalue weighted by Gasteiger charge is 2.29. The molecule has 3 rings (SSSR count). The van der Waals surface area contributed by atoms with Crippen molar-refractivity contribution < 1.29 is 9.59 Å². The average molecular weight is 352 g/mol. The number of carbonyl (C=O) groups excluding carboxylic acids is 2. The first kappa shape index (κ1) is 16.3. The van der Waals surface area contributed by atoms with Gasteiger partial charge in [0, 0.05) is 6.04 Å². The van der Waals surface area contributed by atoms with Crippen molar-refractivity contribution in [3.8, 4) is 0 Å². The van der Waals surface area contributed by atoms with Crippen LogP contribution in [0.2, 0.25) is 5.02 Å². The molecule has 1 aromatic rings. The van der Waals surface area contributed by atoms with Crippen molar-refractivity contribution in [1.29, 1.82) is 0 Å². The van der Waals surface area contributed by atoms with Gasteiger partial charge in [-0.2, -0.15) is 0 Å². The zero-order valence-electron chi connectivity index (χ0n) is 12.6. The highest BCUT2D eigenvalue weighted by Crippen LogP contribution is 2.30. The van der Waals surface area contributed by atoms with Crippen LogP contribution in [0.4, 0.5) is 5.69 Å². The minimum atomic E-state index is -0.128. The molecule has 1 aromatic carbocycles. The monoisotopic (exact) mass is 351 g/mol. The van der Waals surface area contributed by atoms with Crippen LogP contribution in [0.5, 0.6) is 0 Å². The third-order valence-corrected chi connectivity index (χ3v) is 5.23. The van der Waals surface area contributed by atoms with E-state index in [1.54, 1.807) is 12.1 Å². The molecule has 0 bridgehead atoms. The van der Waals surface area contributed by atoms with Crippen LogP contribution >= 0.6 is 23.4 Å². The summed E-state index contributed by atoms with van der Waals surface area (Å²) in [5.41, 5.74) is 0.610. The summed E-state index contributed by atoms with van der Waals surface area (Å²) >= 11 is 7.45. The maximum Gasteiger partial charge on any atom is 0.254 e. The van der Waals surface area contributed by atoms with Gasteiger partial charge in [0.2, 0.25) is 5.91 Å². The summed E-state index contributed by atoms with van der Waals surface area (Å²) in [7, 11) is 0. The van der Waals surface area contributed by atoms with Gasteiger partial charge in [0.15, 0.2) is 5.17 Å². The number of nitrogens with zero attached hydrogens (tertiary/aromatic N) is 2. The molecule has 1 fully saturated rings. The lowest BCUT2D eigenvalue weighted by molar-refractivity contribution is -0.119. The van der Waals surface area contributed by atoms with Gasteiger partial charge in [-0.3, -0.25) is 19.5 Å². The van der Waals surface area contributed by atoms with Gasteiger partial charge in [-0.1, -0.05) is 48.3 Å². The zero-order chi connectivity index (χ0) is 16.2. The van der Waals surface area contributed by atoms with E-state index in [9.17, 15) is 9.59 Å². The standard InChI is InChI=1S/C16H18ClN3O2S/c17-12-7-3-4-8-13(12)20-15(22)9-18-16(20)23-10-14(21)19-11-5-1-2-6-11/h3-4,7-8,11H,1-2,5-6,9-10H2,(H,19,21). The maximum atomic E-state index is 12.1. The molecule has 1 aliphatic carbocycles. The highest BCUT2D eigenvalue weighted by molar-refractivity contribution is 8.14. The number of anilines is 1. The van der Waals surface area contributed by atoms with Crippen LogP contribution in [0.25, 0.3) is 0 Å². The van der Waals surface area contributed by atoms with E-state index in [-0.39, 0.29) is 24.1 Å². The van der Waals surface area contributed by atoms with Crippen molar-refractivity contribution >= 4 is 46.0 Å². The normalized spacial score (nSPS) is 18.4. The fraction of sp³-hybridized carbons (Fsp3) is 0.438. The smallest absolute Gasteiger partial charge is 0.254 e. The van der Waals surface area contributed by atoms with E-state index in [0.717, 1.165) is 12.8 Å². The zero-order valence-corrected chi connectivity index (χ0v) is 14.2. The number of thioether (sulfide) groups is 1. The van der Waals surface area contributed by atoms with Crippen LogP contribution in [-0.2, 0) is 9.59 Å². The van der Waals surface area contributed by atoms with Crippen molar-refractivity contribution in [2.75, 3.05) is 17.2 Å². The van der Waals surface area contributed by atoms with E-state index in [0.29, 0.717) is 21.9 Å². The second-order valence-corrected chi connectivity index (χ2v) is 6.97. The quantitative estimate of drug-likeness (QED) is 0.907. The van der Waals surface area contributed by atoms with Gasteiger partial charge in [0.25, 0.3) is 5.91 Å². The molecule has 2 aliphatic rings. The highest BCUT2D eigenvalue weighted by atomic mass is 35.5. The summed E-state index contributed by atoms with van der Waals surface area (Å²) < 4.78 is 0. The molecule has 5 nitrogen and oxygen atoms in total. The van der Waals surface area contributed by atoms with Gasteiger partial charge in [-0.25, -0.2) is 0 Å². The number of amidine groups is 1. The van der Waals surface area contributed by atoms with E-state index in [2.05, 4.69) is 10.3 Å². The van der Waals surface area contributed by atoms with Crippen molar-refractivity contribution in [2.24, 2.45) is 4.99 Å². The number of halogens is 1. The summed E-state index contributed by atoms with van der Waals surface area (Å²) in [6, 6.07) is 7.44. The fourth-order valence-corrected chi connectivity index (χ4v) is 3.88. The number of hydrogen-bond donors (Lipinski definition) is 1.